The van der Waals surface area contributed by atoms with E-state index in [0.29, 0.717) is 5.82 Å². The van der Waals surface area contributed by atoms with Crippen LogP contribution in [0.3, 0.4) is 0 Å². The normalized spacial score (nSPS) is 12.6. The molecule has 0 aliphatic carbocycles. The largest absolute Gasteiger partial charge is 0.383 e. The summed E-state index contributed by atoms with van der Waals surface area (Å²) in [7, 11) is 3.80. The summed E-state index contributed by atoms with van der Waals surface area (Å²) in [4.78, 5) is 4.15. The van der Waals surface area contributed by atoms with Crippen LogP contribution in [0.1, 0.15) is 22.7 Å². The number of nitrogen functional groups attached to an aromatic ring is 1. The van der Waals surface area contributed by atoms with Gasteiger partial charge in [-0.15, -0.1) is 0 Å². The molecule has 0 spiro atoms. The van der Waals surface area contributed by atoms with Crippen LogP contribution >= 0.6 is 0 Å². The number of hydrogen-bond donors (Lipinski definition) is 2. The molecule has 0 saturated heterocycles. The van der Waals surface area contributed by atoms with Crippen molar-refractivity contribution >= 4 is 5.82 Å². The Kier molecular flexibility index (Phi) is 3.10. The van der Waals surface area contributed by atoms with Crippen LogP contribution in [0, 0.1) is 6.92 Å². The molecular formula is C12H17N5. The molecule has 90 valence electrons. The van der Waals surface area contributed by atoms with Gasteiger partial charge in [-0.25, -0.2) is 4.98 Å². The number of hydrogen-bond acceptors (Lipinski definition) is 4. The Labute approximate surface area is 101 Å². The van der Waals surface area contributed by atoms with E-state index in [1.54, 1.807) is 10.9 Å². The number of pyridine rings is 1. The van der Waals surface area contributed by atoms with Crippen LogP contribution in [0.25, 0.3) is 0 Å². The van der Waals surface area contributed by atoms with Gasteiger partial charge in [0.05, 0.1) is 12.2 Å². The van der Waals surface area contributed by atoms with Gasteiger partial charge in [0.1, 0.15) is 5.82 Å². The van der Waals surface area contributed by atoms with Gasteiger partial charge in [-0.05, 0) is 25.6 Å². The molecule has 5 nitrogen and oxygen atoms in total. The van der Waals surface area contributed by atoms with Gasteiger partial charge in [0.25, 0.3) is 0 Å². The van der Waals surface area contributed by atoms with Crippen molar-refractivity contribution in [3.05, 3.63) is 41.3 Å². The topological polar surface area (TPSA) is 68.8 Å². The molecule has 3 N–H and O–H groups in total. The van der Waals surface area contributed by atoms with Crippen LogP contribution < -0.4 is 11.1 Å². The maximum atomic E-state index is 5.96. The standard InChI is InChI=1S/C12H17N5/c1-8-4-5-15-12(13)10(8)11(14-2)9-6-16-17(3)7-9/h4-7,11,14H,1-3H3,(H2,13,15). The summed E-state index contributed by atoms with van der Waals surface area (Å²) in [6.07, 6.45) is 5.55. The number of anilines is 1. The van der Waals surface area contributed by atoms with E-state index in [2.05, 4.69) is 15.4 Å². The van der Waals surface area contributed by atoms with Gasteiger partial charge in [0.15, 0.2) is 0 Å². The second-order valence-electron chi connectivity index (χ2n) is 4.10. The fourth-order valence-corrected chi connectivity index (χ4v) is 2.03. The van der Waals surface area contributed by atoms with Crippen molar-refractivity contribution in [3.8, 4) is 0 Å². The van der Waals surface area contributed by atoms with E-state index in [0.717, 1.165) is 16.7 Å². The first-order chi connectivity index (χ1) is 8.13. The first-order valence-electron chi connectivity index (χ1n) is 5.50. The Hall–Kier alpha value is -1.88. The summed E-state index contributed by atoms with van der Waals surface area (Å²) in [5.41, 5.74) is 9.19. The highest BCUT2D eigenvalue weighted by Crippen LogP contribution is 2.27. The molecule has 0 aliphatic rings. The third kappa shape index (κ3) is 2.14. The molecule has 1 atom stereocenters. The minimum Gasteiger partial charge on any atom is -0.383 e. The monoisotopic (exact) mass is 231 g/mol. The van der Waals surface area contributed by atoms with Crippen molar-refractivity contribution in [3.63, 3.8) is 0 Å². The summed E-state index contributed by atoms with van der Waals surface area (Å²) < 4.78 is 1.78. The Balaban J connectivity index is 2.49. The average molecular weight is 231 g/mol. The zero-order valence-corrected chi connectivity index (χ0v) is 10.3. The lowest BCUT2D eigenvalue weighted by Crippen LogP contribution is -2.20. The maximum absolute atomic E-state index is 5.96. The van der Waals surface area contributed by atoms with Gasteiger partial charge in [-0.1, -0.05) is 0 Å². The molecule has 5 heteroatoms. The van der Waals surface area contributed by atoms with Crippen molar-refractivity contribution in [2.75, 3.05) is 12.8 Å². The lowest BCUT2D eigenvalue weighted by molar-refractivity contribution is 0.684. The zero-order valence-electron chi connectivity index (χ0n) is 10.3. The minimum atomic E-state index is 0.0254. The maximum Gasteiger partial charge on any atom is 0.128 e. The molecule has 0 radical (unpaired) electrons. The molecule has 1 unspecified atom stereocenters. The van der Waals surface area contributed by atoms with Gasteiger partial charge in [-0.2, -0.15) is 5.10 Å². The summed E-state index contributed by atoms with van der Waals surface area (Å²) in [6, 6.07) is 1.99. The Morgan fingerprint density at radius 2 is 2.24 bits per heavy atom. The third-order valence-corrected chi connectivity index (χ3v) is 2.87. The molecule has 0 fully saturated rings. The lowest BCUT2D eigenvalue weighted by atomic mass is 9.98. The fraction of sp³-hybridized carbons (Fsp3) is 0.333. The number of aryl methyl sites for hydroxylation is 2. The zero-order chi connectivity index (χ0) is 12.4. The van der Waals surface area contributed by atoms with Gasteiger partial charge < -0.3 is 11.1 Å². The highest BCUT2D eigenvalue weighted by Gasteiger charge is 2.18. The van der Waals surface area contributed by atoms with Crippen LogP contribution in [0.2, 0.25) is 0 Å². The second-order valence-corrected chi connectivity index (χ2v) is 4.10. The number of nitrogens with one attached hydrogen (secondary N) is 1. The fourth-order valence-electron chi connectivity index (χ4n) is 2.03. The molecule has 2 aromatic heterocycles. The molecule has 0 saturated carbocycles. The molecule has 0 bridgehead atoms. The van der Waals surface area contributed by atoms with E-state index in [1.807, 2.05) is 39.5 Å². The van der Waals surface area contributed by atoms with E-state index in [-0.39, 0.29) is 6.04 Å². The summed E-state index contributed by atoms with van der Waals surface area (Å²) in [5.74, 6) is 0.563. The number of nitrogens with zero attached hydrogens (tertiary/aromatic N) is 3. The highest BCUT2D eigenvalue weighted by atomic mass is 15.2. The molecule has 0 aliphatic heterocycles. The van der Waals surface area contributed by atoms with Crippen LogP contribution in [-0.2, 0) is 7.05 Å². The summed E-state index contributed by atoms with van der Waals surface area (Å²) in [6.45, 7) is 2.04. The molecule has 0 amide bonds. The second kappa shape index (κ2) is 4.55. The van der Waals surface area contributed by atoms with Gasteiger partial charge >= 0.3 is 0 Å². The molecule has 2 heterocycles. The van der Waals surface area contributed by atoms with E-state index < -0.39 is 0 Å². The average Bonchev–Trinajstić information content (AvgIpc) is 2.70. The minimum absolute atomic E-state index is 0.0254. The van der Waals surface area contributed by atoms with Gasteiger partial charge in [0, 0.05) is 30.6 Å². The highest BCUT2D eigenvalue weighted by molar-refractivity contribution is 5.49. The van der Waals surface area contributed by atoms with E-state index in [1.165, 1.54) is 0 Å². The smallest absolute Gasteiger partial charge is 0.128 e. The van der Waals surface area contributed by atoms with Crippen molar-refractivity contribution in [1.29, 1.82) is 0 Å². The predicted octanol–water partition coefficient (Wildman–Crippen LogP) is 1.01. The number of aromatic nitrogens is 3. The first-order valence-corrected chi connectivity index (χ1v) is 5.50. The Bertz CT molecular complexity index is 497. The molecule has 2 aromatic rings. The number of nitrogens with two attached hydrogens (primary N) is 1. The molecule has 2 rings (SSSR count). The molecule has 17 heavy (non-hydrogen) atoms. The van der Waals surface area contributed by atoms with E-state index in [4.69, 9.17) is 5.73 Å². The summed E-state index contributed by atoms with van der Waals surface area (Å²) >= 11 is 0. The lowest BCUT2D eigenvalue weighted by Gasteiger charge is -2.18. The van der Waals surface area contributed by atoms with Crippen LogP contribution in [0.5, 0.6) is 0 Å². The van der Waals surface area contributed by atoms with Crippen LogP contribution in [-0.4, -0.2) is 21.8 Å². The Morgan fingerprint density at radius 1 is 1.47 bits per heavy atom. The van der Waals surface area contributed by atoms with Gasteiger partial charge in [0.2, 0.25) is 0 Å². The van der Waals surface area contributed by atoms with Crippen molar-refractivity contribution in [1.82, 2.24) is 20.1 Å². The third-order valence-electron chi connectivity index (χ3n) is 2.87. The van der Waals surface area contributed by atoms with E-state index in [9.17, 15) is 0 Å². The van der Waals surface area contributed by atoms with Crippen LogP contribution in [0.15, 0.2) is 24.7 Å². The first kappa shape index (κ1) is 11.6. The van der Waals surface area contributed by atoms with Crippen LogP contribution in [0.4, 0.5) is 5.82 Å². The summed E-state index contributed by atoms with van der Waals surface area (Å²) in [5, 5.41) is 7.44. The van der Waals surface area contributed by atoms with Crippen molar-refractivity contribution in [2.24, 2.45) is 7.05 Å². The van der Waals surface area contributed by atoms with Crippen molar-refractivity contribution < 1.29 is 0 Å². The Morgan fingerprint density at radius 3 is 2.76 bits per heavy atom. The predicted molar refractivity (Wildman–Crippen MR) is 67.5 cm³/mol. The molecular weight excluding hydrogens is 214 g/mol. The SMILES string of the molecule is CNC(c1cnn(C)c1)c1c(C)ccnc1N. The van der Waals surface area contributed by atoms with Gasteiger partial charge in [-0.3, -0.25) is 4.68 Å². The quantitative estimate of drug-likeness (QED) is 0.827. The van der Waals surface area contributed by atoms with Crippen molar-refractivity contribution in [2.45, 2.75) is 13.0 Å². The molecule has 0 aromatic carbocycles. The number of rotatable bonds is 3. The van der Waals surface area contributed by atoms with E-state index >= 15 is 0 Å².